The highest BCUT2D eigenvalue weighted by Crippen LogP contribution is 2.36. The molecule has 0 saturated carbocycles. The lowest BCUT2D eigenvalue weighted by Gasteiger charge is -2.07. The predicted octanol–water partition coefficient (Wildman–Crippen LogP) is 4.99. The Kier molecular flexibility index (Phi) is 4.10. The van der Waals surface area contributed by atoms with Crippen LogP contribution in [0, 0.1) is 10.1 Å². The van der Waals surface area contributed by atoms with E-state index in [4.69, 9.17) is 13.9 Å². The highest BCUT2D eigenvalue weighted by atomic mass is 16.7. The van der Waals surface area contributed by atoms with E-state index in [-0.39, 0.29) is 18.2 Å². The molecule has 4 aromatic rings. The molecule has 1 aromatic heterocycles. The van der Waals surface area contributed by atoms with E-state index in [9.17, 15) is 14.9 Å². The molecule has 8 heteroatoms. The number of non-ortho nitro benzene ring substituents is 1. The third-order valence-electron chi connectivity index (χ3n) is 4.77. The van der Waals surface area contributed by atoms with Crippen molar-refractivity contribution >= 4 is 28.3 Å². The van der Waals surface area contributed by atoms with E-state index in [1.54, 1.807) is 24.3 Å². The molecule has 0 spiro atoms. The minimum Gasteiger partial charge on any atom is -0.456 e. The summed E-state index contributed by atoms with van der Waals surface area (Å²) in [6.07, 6.45) is 0. The highest BCUT2D eigenvalue weighted by molar-refractivity contribution is 6.10. The van der Waals surface area contributed by atoms with Gasteiger partial charge in [0.05, 0.1) is 16.7 Å². The lowest BCUT2D eigenvalue weighted by atomic mass is 10.1. The fraction of sp³-hybridized carbons (Fsp3) is 0.0455. The third-order valence-corrected chi connectivity index (χ3v) is 4.77. The van der Waals surface area contributed by atoms with Gasteiger partial charge < -0.3 is 19.2 Å². The van der Waals surface area contributed by atoms with Crippen LogP contribution in [0.1, 0.15) is 10.4 Å². The molecular formula is C22H14N2O6. The highest BCUT2D eigenvalue weighted by Gasteiger charge is 2.20. The average molecular weight is 402 g/mol. The van der Waals surface area contributed by atoms with E-state index < -0.39 is 10.8 Å². The fourth-order valence-corrected chi connectivity index (χ4v) is 3.31. The number of hydrogen-bond donors (Lipinski definition) is 1. The van der Waals surface area contributed by atoms with Crippen LogP contribution in [0.3, 0.4) is 0 Å². The second-order valence-corrected chi connectivity index (χ2v) is 6.66. The van der Waals surface area contributed by atoms with Crippen molar-refractivity contribution in [2.75, 3.05) is 12.1 Å². The quantitative estimate of drug-likeness (QED) is 0.381. The van der Waals surface area contributed by atoms with E-state index in [2.05, 4.69) is 5.32 Å². The fourth-order valence-electron chi connectivity index (χ4n) is 3.31. The molecule has 2 heterocycles. The first-order chi connectivity index (χ1) is 14.6. The Hall–Kier alpha value is -4.33. The number of benzene rings is 3. The maximum absolute atomic E-state index is 12.8. The number of anilines is 1. The summed E-state index contributed by atoms with van der Waals surface area (Å²) in [5, 5.41) is 14.7. The van der Waals surface area contributed by atoms with Gasteiger partial charge in [-0.25, -0.2) is 0 Å². The van der Waals surface area contributed by atoms with Gasteiger partial charge in [-0.1, -0.05) is 30.3 Å². The van der Waals surface area contributed by atoms with Gasteiger partial charge in [-0.15, -0.1) is 0 Å². The first-order valence-corrected chi connectivity index (χ1v) is 9.07. The second kappa shape index (κ2) is 6.93. The Labute approximate surface area is 169 Å². The molecule has 0 aliphatic carbocycles. The number of rotatable bonds is 4. The van der Waals surface area contributed by atoms with E-state index in [1.165, 1.54) is 12.1 Å². The Morgan fingerprint density at radius 2 is 1.77 bits per heavy atom. The second-order valence-electron chi connectivity index (χ2n) is 6.66. The number of carbonyl (C=O) groups is 1. The summed E-state index contributed by atoms with van der Waals surface area (Å²) in [5.74, 6) is 1.15. The van der Waals surface area contributed by atoms with Crippen molar-refractivity contribution in [1.82, 2.24) is 0 Å². The molecule has 0 radical (unpaired) electrons. The molecule has 1 aliphatic rings. The molecule has 30 heavy (non-hydrogen) atoms. The summed E-state index contributed by atoms with van der Waals surface area (Å²) < 4.78 is 16.4. The smallest absolute Gasteiger partial charge is 0.275 e. The SMILES string of the molecule is O=C(Nc1cc([N+](=O)[O-])cc2oc(-c3ccccc3)cc12)c1ccc2c(c1)OCO2. The molecular weight excluding hydrogens is 388 g/mol. The summed E-state index contributed by atoms with van der Waals surface area (Å²) in [4.78, 5) is 23.7. The van der Waals surface area contributed by atoms with Crippen molar-refractivity contribution < 1.29 is 23.6 Å². The molecule has 148 valence electrons. The van der Waals surface area contributed by atoms with Crippen molar-refractivity contribution in [2.24, 2.45) is 0 Å². The van der Waals surface area contributed by atoms with Gasteiger partial charge in [-0.2, -0.15) is 0 Å². The van der Waals surface area contributed by atoms with Gasteiger partial charge in [0.1, 0.15) is 11.3 Å². The minimum atomic E-state index is -0.527. The van der Waals surface area contributed by atoms with Gasteiger partial charge >= 0.3 is 0 Å². The van der Waals surface area contributed by atoms with E-state index in [0.717, 1.165) is 5.56 Å². The Bertz CT molecular complexity index is 1300. The van der Waals surface area contributed by atoms with E-state index in [0.29, 0.717) is 33.8 Å². The molecule has 1 N–H and O–H groups in total. The van der Waals surface area contributed by atoms with Crippen molar-refractivity contribution in [1.29, 1.82) is 0 Å². The first kappa shape index (κ1) is 17.7. The Balaban J connectivity index is 1.56. The van der Waals surface area contributed by atoms with Crippen LogP contribution in [-0.4, -0.2) is 17.6 Å². The standard InChI is InChI=1S/C22H14N2O6/c25-22(14-6-7-18-21(8-14)29-12-28-18)23-17-9-15(24(26)27)10-20-16(17)11-19(30-20)13-4-2-1-3-5-13/h1-11H,12H2,(H,23,25). The molecule has 0 saturated heterocycles. The monoisotopic (exact) mass is 402 g/mol. The molecule has 1 amide bonds. The molecule has 5 rings (SSSR count). The van der Waals surface area contributed by atoms with Gasteiger partial charge in [-0.3, -0.25) is 14.9 Å². The normalized spacial score (nSPS) is 12.1. The largest absolute Gasteiger partial charge is 0.456 e. The zero-order chi connectivity index (χ0) is 20.7. The van der Waals surface area contributed by atoms with Gasteiger partial charge in [0.15, 0.2) is 11.5 Å². The van der Waals surface area contributed by atoms with Crippen molar-refractivity contribution in [3.63, 3.8) is 0 Å². The molecule has 0 unspecified atom stereocenters. The summed E-state index contributed by atoms with van der Waals surface area (Å²) >= 11 is 0. The topological polar surface area (TPSA) is 104 Å². The molecule has 1 aliphatic heterocycles. The maximum atomic E-state index is 12.8. The Morgan fingerprint density at radius 3 is 2.57 bits per heavy atom. The molecule has 0 fully saturated rings. The minimum absolute atomic E-state index is 0.100. The number of carbonyl (C=O) groups excluding carboxylic acids is 1. The van der Waals surface area contributed by atoms with Crippen LogP contribution >= 0.6 is 0 Å². The van der Waals surface area contributed by atoms with Crippen molar-refractivity contribution in [3.05, 3.63) is 82.4 Å². The van der Waals surface area contributed by atoms with Gasteiger partial charge in [0, 0.05) is 22.6 Å². The summed E-state index contributed by atoms with van der Waals surface area (Å²) in [6.45, 7) is 0.100. The van der Waals surface area contributed by atoms with Crippen molar-refractivity contribution in [3.8, 4) is 22.8 Å². The van der Waals surface area contributed by atoms with Gasteiger partial charge in [0.25, 0.3) is 11.6 Å². The number of nitrogens with one attached hydrogen (secondary N) is 1. The zero-order valence-corrected chi connectivity index (χ0v) is 15.5. The lowest BCUT2D eigenvalue weighted by molar-refractivity contribution is -0.384. The van der Waals surface area contributed by atoms with Gasteiger partial charge in [-0.05, 0) is 24.3 Å². The van der Waals surface area contributed by atoms with Crippen LogP contribution in [0.15, 0.2) is 71.1 Å². The van der Waals surface area contributed by atoms with E-state index >= 15 is 0 Å². The molecule has 3 aromatic carbocycles. The number of ether oxygens (including phenoxy) is 2. The predicted molar refractivity (Wildman–Crippen MR) is 109 cm³/mol. The zero-order valence-electron chi connectivity index (χ0n) is 15.5. The first-order valence-electron chi connectivity index (χ1n) is 9.07. The van der Waals surface area contributed by atoms with Crippen LogP contribution < -0.4 is 14.8 Å². The lowest BCUT2D eigenvalue weighted by Crippen LogP contribution is -2.12. The number of nitrogens with zero attached hydrogens (tertiary/aromatic N) is 1. The van der Waals surface area contributed by atoms with Crippen LogP contribution in [-0.2, 0) is 0 Å². The van der Waals surface area contributed by atoms with Gasteiger partial charge in [0.2, 0.25) is 6.79 Å². The average Bonchev–Trinajstić information content (AvgIpc) is 3.40. The number of furan rings is 1. The number of nitro benzene ring substituents is 1. The summed E-state index contributed by atoms with van der Waals surface area (Å²) in [6, 6.07) is 18.6. The van der Waals surface area contributed by atoms with E-state index in [1.807, 2.05) is 30.3 Å². The number of amides is 1. The van der Waals surface area contributed by atoms with Crippen molar-refractivity contribution in [2.45, 2.75) is 0 Å². The number of fused-ring (bicyclic) bond motifs is 2. The third kappa shape index (κ3) is 3.10. The van der Waals surface area contributed by atoms with Crippen LogP contribution in [0.4, 0.5) is 11.4 Å². The van der Waals surface area contributed by atoms with Crippen LogP contribution in [0.2, 0.25) is 0 Å². The van der Waals surface area contributed by atoms with Crippen LogP contribution in [0.25, 0.3) is 22.3 Å². The molecule has 8 nitrogen and oxygen atoms in total. The summed E-state index contributed by atoms with van der Waals surface area (Å²) in [7, 11) is 0. The number of hydrogen-bond acceptors (Lipinski definition) is 6. The Morgan fingerprint density at radius 1 is 0.967 bits per heavy atom. The molecule has 0 bridgehead atoms. The van der Waals surface area contributed by atoms with Crippen LogP contribution in [0.5, 0.6) is 11.5 Å². The number of nitro groups is 1. The summed E-state index contributed by atoms with van der Waals surface area (Å²) in [5.41, 5.74) is 1.57. The molecule has 0 atom stereocenters. The maximum Gasteiger partial charge on any atom is 0.275 e.